The molecule has 0 saturated carbocycles. The highest BCUT2D eigenvalue weighted by Gasteiger charge is 2.12. The first-order valence-corrected chi connectivity index (χ1v) is 7.89. The largest absolute Gasteiger partial charge is 0.490 e. The topological polar surface area (TPSA) is 41.5 Å². The van der Waals surface area contributed by atoms with Crippen molar-refractivity contribution in [2.75, 3.05) is 19.7 Å². The third kappa shape index (κ3) is 5.18. The van der Waals surface area contributed by atoms with E-state index in [9.17, 15) is 5.11 Å². The molecule has 0 aliphatic heterocycles. The summed E-state index contributed by atoms with van der Waals surface area (Å²) in [4.78, 5) is 0. The van der Waals surface area contributed by atoms with Gasteiger partial charge in [-0.1, -0.05) is 30.4 Å². The van der Waals surface area contributed by atoms with Gasteiger partial charge in [0.25, 0.3) is 0 Å². The molecule has 0 fully saturated rings. The van der Waals surface area contributed by atoms with E-state index in [1.54, 1.807) is 0 Å². The maximum absolute atomic E-state index is 10.0. The second-order valence-electron chi connectivity index (χ2n) is 5.99. The highest BCUT2D eigenvalue weighted by atomic mass is 16.5. The first-order valence-electron chi connectivity index (χ1n) is 7.89. The lowest BCUT2D eigenvalue weighted by Gasteiger charge is -2.20. The molecule has 1 aliphatic carbocycles. The maximum atomic E-state index is 10.0. The van der Waals surface area contributed by atoms with Crippen molar-refractivity contribution in [3.63, 3.8) is 0 Å². The lowest BCUT2D eigenvalue weighted by molar-refractivity contribution is 0.104. The summed E-state index contributed by atoms with van der Waals surface area (Å²) in [5.74, 6) is 1.61. The van der Waals surface area contributed by atoms with Crippen LogP contribution in [0.2, 0.25) is 0 Å². The van der Waals surface area contributed by atoms with Gasteiger partial charge in [-0.2, -0.15) is 0 Å². The van der Waals surface area contributed by atoms with Gasteiger partial charge in [-0.05, 0) is 56.7 Å². The van der Waals surface area contributed by atoms with E-state index in [0.717, 1.165) is 29.8 Å². The molecule has 2 atom stereocenters. The fraction of sp³-hybridized carbons (Fsp3) is 0.556. The molecule has 116 valence electrons. The monoisotopic (exact) mass is 289 g/mol. The number of hydrogen-bond donors (Lipinski definition) is 2. The van der Waals surface area contributed by atoms with E-state index in [4.69, 9.17) is 4.74 Å². The van der Waals surface area contributed by atoms with Gasteiger partial charge < -0.3 is 15.2 Å². The molecule has 1 aromatic carbocycles. The average Bonchev–Trinajstić information content (AvgIpc) is 2.48. The van der Waals surface area contributed by atoms with Crippen molar-refractivity contribution in [2.45, 2.75) is 39.2 Å². The number of para-hydroxylation sites is 1. The van der Waals surface area contributed by atoms with Crippen LogP contribution in [0.3, 0.4) is 0 Å². The van der Waals surface area contributed by atoms with Crippen molar-refractivity contribution in [1.29, 1.82) is 0 Å². The highest BCUT2D eigenvalue weighted by Crippen LogP contribution is 2.22. The Morgan fingerprint density at radius 2 is 2.05 bits per heavy atom. The zero-order valence-electron chi connectivity index (χ0n) is 13.1. The smallest absolute Gasteiger partial charge is 0.125 e. The quantitative estimate of drug-likeness (QED) is 0.758. The van der Waals surface area contributed by atoms with Crippen LogP contribution in [0, 0.1) is 19.8 Å². The van der Waals surface area contributed by atoms with Crippen molar-refractivity contribution < 1.29 is 9.84 Å². The second-order valence-corrected chi connectivity index (χ2v) is 5.99. The van der Waals surface area contributed by atoms with Crippen molar-refractivity contribution >= 4 is 0 Å². The van der Waals surface area contributed by atoms with Crippen LogP contribution < -0.4 is 10.1 Å². The van der Waals surface area contributed by atoms with E-state index >= 15 is 0 Å². The molecule has 0 aromatic heterocycles. The highest BCUT2D eigenvalue weighted by molar-refractivity contribution is 5.39. The van der Waals surface area contributed by atoms with Crippen LogP contribution in [0.25, 0.3) is 0 Å². The van der Waals surface area contributed by atoms with Gasteiger partial charge >= 0.3 is 0 Å². The molecular weight excluding hydrogens is 262 g/mol. The van der Waals surface area contributed by atoms with Gasteiger partial charge in [0.1, 0.15) is 18.5 Å². The summed E-state index contributed by atoms with van der Waals surface area (Å²) in [6.07, 6.45) is 7.63. The summed E-state index contributed by atoms with van der Waals surface area (Å²) in [6, 6.07) is 6.08. The van der Waals surface area contributed by atoms with Crippen LogP contribution in [0.1, 0.15) is 30.4 Å². The first kappa shape index (κ1) is 16.1. The molecule has 1 aromatic rings. The number of nitrogens with one attached hydrogen (secondary N) is 1. The summed E-state index contributed by atoms with van der Waals surface area (Å²) < 4.78 is 5.77. The second kappa shape index (κ2) is 8.20. The maximum Gasteiger partial charge on any atom is 0.125 e. The molecule has 0 heterocycles. The van der Waals surface area contributed by atoms with Gasteiger partial charge in [0.05, 0.1) is 0 Å². The minimum atomic E-state index is -0.469. The van der Waals surface area contributed by atoms with E-state index in [-0.39, 0.29) is 0 Å². The van der Waals surface area contributed by atoms with E-state index in [2.05, 4.69) is 17.5 Å². The Morgan fingerprint density at radius 1 is 1.29 bits per heavy atom. The normalized spacial score (nSPS) is 19.5. The van der Waals surface area contributed by atoms with Crippen LogP contribution >= 0.6 is 0 Å². The Morgan fingerprint density at radius 3 is 2.71 bits per heavy atom. The molecule has 3 nitrogen and oxygen atoms in total. The van der Waals surface area contributed by atoms with Gasteiger partial charge in [0, 0.05) is 6.54 Å². The first-order chi connectivity index (χ1) is 10.2. The van der Waals surface area contributed by atoms with Gasteiger partial charge in [0.2, 0.25) is 0 Å². The number of aryl methyl sites for hydroxylation is 2. The standard InChI is InChI=1S/C18H27NO2/c1-14-7-6-8-15(2)18(14)21-13-17(20)12-19-11-16-9-4-3-5-10-16/h3-4,6-8,16-17,19-20H,5,9-13H2,1-2H3. The number of hydrogen-bond acceptors (Lipinski definition) is 3. The van der Waals surface area contributed by atoms with Gasteiger partial charge in [0.15, 0.2) is 0 Å². The number of aliphatic hydroxyl groups is 1. The summed E-state index contributed by atoms with van der Waals surface area (Å²) >= 11 is 0. The molecule has 2 N–H and O–H groups in total. The number of ether oxygens (including phenoxy) is 1. The molecule has 0 amide bonds. The van der Waals surface area contributed by atoms with Gasteiger partial charge in [-0.3, -0.25) is 0 Å². The number of aliphatic hydroxyl groups excluding tert-OH is 1. The Labute approximate surface area is 128 Å². The number of allylic oxidation sites excluding steroid dienone is 2. The molecule has 21 heavy (non-hydrogen) atoms. The zero-order valence-corrected chi connectivity index (χ0v) is 13.1. The van der Waals surface area contributed by atoms with Crippen LogP contribution in [0.4, 0.5) is 0 Å². The predicted octanol–water partition coefficient (Wildman–Crippen LogP) is 2.99. The SMILES string of the molecule is Cc1cccc(C)c1OCC(O)CNCC1CC=CCC1. The molecule has 0 spiro atoms. The van der Waals surface area contributed by atoms with Crippen molar-refractivity contribution in [1.82, 2.24) is 5.32 Å². The van der Waals surface area contributed by atoms with Crippen LogP contribution in [-0.4, -0.2) is 30.9 Å². The summed E-state index contributed by atoms with van der Waals surface area (Å²) in [7, 11) is 0. The lowest BCUT2D eigenvalue weighted by Crippen LogP contribution is -2.34. The van der Waals surface area contributed by atoms with Gasteiger partial charge in [-0.15, -0.1) is 0 Å². The summed E-state index contributed by atoms with van der Waals surface area (Å²) in [6.45, 7) is 5.96. The molecule has 0 saturated heterocycles. The summed E-state index contributed by atoms with van der Waals surface area (Å²) in [5.41, 5.74) is 2.23. The molecule has 2 rings (SSSR count). The van der Waals surface area contributed by atoms with Crippen LogP contribution in [0.15, 0.2) is 30.4 Å². The van der Waals surface area contributed by atoms with Crippen LogP contribution in [0.5, 0.6) is 5.75 Å². The number of rotatable bonds is 7. The Balaban J connectivity index is 1.67. The molecule has 3 heteroatoms. The fourth-order valence-corrected chi connectivity index (χ4v) is 2.76. The number of benzene rings is 1. The molecule has 1 aliphatic rings. The Bertz CT molecular complexity index is 450. The van der Waals surface area contributed by atoms with E-state index < -0.39 is 6.10 Å². The third-order valence-corrected chi connectivity index (χ3v) is 4.02. The predicted molar refractivity (Wildman–Crippen MR) is 86.8 cm³/mol. The molecular formula is C18H27NO2. The third-order valence-electron chi connectivity index (χ3n) is 4.02. The van der Waals surface area contributed by atoms with Crippen molar-refractivity contribution in [3.8, 4) is 5.75 Å². The fourth-order valence-electron chi connectivity index (χ4n) is 2.76. The van der Waals surface area contributed by atoms with E-state index in [1.807, 2.05) is 32.0 Å². The van der Waals surface area contributed by atoms with Gasteiger partial charge in [-0.25, -0.2) is 0 Å². The Kier molecular flexibility index (Phi) is 6.27. The average molecular weight is 289 g/mol. The minimum absolute atomic E-state index is 0.337. The Hall–Kier alpha value is -1.32. The van der Waals surface area contributed by atoms with Crippen molar-refractivity contribution in [3.05, 3.63) is 41.5 Å². The van der Waals surface area contributed by atoms with Crippen molar-refractivity contribution in [2.24, 2.45) is 5.92 Å². The lowest BCUT2D eigenvalue weighted by atomic mass is 9.94. The minimum Gasteiger partial charge on any atom is -0.490 e. The van der Waals surface area contributed by atoms with Crippen LogP contribution in [-0.2, 0) is 0 Å². The zero-order chi connectivity index (χ0) is 15.1. The molecule has 0 radical (unpaired) electrons. The van der Waals surface area contributed by atoms with E-state index in [1.165, 1.54) is 12.8 Å². The summed E-state index contributed by atoms with van der Waals surface area (Å²) in [5, 5.41) is 13.4. The molecule has 2 unspecified atom stereocenters. The van der Waals surface area contributed by atoms with E-state index in [0.29, 0.717) is 19.1 Å². The molecule has 0 bridgehead atoms.